The second kappa shape index (κ2) is 9.75. The first kappa shape index (κ1) is 25.2. The lowest BCUT2D eigenvalue weighted by Crippen LogP contribution is -2.45. The van der Waals surface area contributed by atoms with Crippen molar-refractivity contribution in [3.05, 3.63) is 18.2 Å². The minimum Gasteiger partial charge on any atom is -0.464 e. The van der Waals surface area contributed by atoms with Crippen LogP contribution in [0.4, 0.5) is 4.79 Å². The van der Waals surface area contributed by atoms with Crippen molar-refractivity contribution in [3.63, 3.8) is 0 Å². The van der Waals surface area contributed by atoms with Gasteiger partial charge < -0.3 is 23.4 Å². The first-order valence-electron chi connectivity index (χ1n) is 9.88. The predicted octanol–water partition coefficient (Wildman–Crippen LogP) is 3.93. The molecule has 0 N–H and O–H groups in total. The average Bonchev–Trinajstić information content (AvgIpc) is 3.03. The van der Waals surface area contributed by atoms with E-state index in [1.54, 1.807) is 22.0 Å². The maximum absolute atomic E-state index is 12.7. The topological polar surface area (TPSA) is 82.9 Å². The van der Waals surface area contributed by atoms with E-state index in [4.69, 9.17) is 9.16 Å². The van der Waals surface area contributed by atoms with E-state index >= 15 is 0 Å². The monoisotopic (exact) mass is 427 g/mol. The zero-order chi connectivity index (χ0) is 22.5. The number of amides is 1. The summed E-state index contributed by atoms with van der Waals surface area (Å²) in [6.45, 7) is 18.2. The molecule has 0 radical (unpaired) electrons. The number of hydrogen-bond donors (Lipinski definition) is 0. The van der Waals surface area contributed by atoms with Crippen molar-refractivity contribution in [1.29, 1.82) is 0 Å². The summed E-state index contributed by atoms with van der Waals surface area (Å²) in [6.07, 6.45) is 2.77. The van der Waals surface area contributed by atoms with Crippen LogP contribution in [0, 0.1) is 0 Å². The molecule has 0 spiro atoms. The van der Waals surface area contributed by atoms with E-state index in [1.807, 2.05) is 20.8 Å². The minimum atomic E-state index is -1.90. The molecule has 166 valence electrons. The number of imidazole rings is 1. The van der Waals surface area contributed by atoms with Crippen LogP contribution in [0.15, 0.2) is 12.5 Å². The van der Waals surface area contributed by atoms with Crippen molar-refractivity contribution in [2.75, 3.05) is 26.8 Å². The van der Waals surface area contributed by atoms with Crippen molar-refractivity contribution >= 4 is 20.4 Å². The number of hydrogen-bond acceptors (Lipinski definition) is 6. The Labute approximate surface area is 175 Å². The van der Waals surface area contributed by atoms with Crippen LogP contribution < -0.4 is 0 Å². The number of nitrogens with zero attached hydrogens (tertiary/aromatic N) is 3. The normalized spacial score (nSPS) is 12.6. The van der Waals surface area contributed by atoms with Gasteiger partial charge in [0.05, 0.1) is 20.0 Å². The molecule has 0 aromatic carbocycles. The third-order valence-corrected chi connectivity index (χ3v) is 9.48. The number of esters is 1. The largest absolute Gasteiger partial charge is 0.464 e. The molecule has 8 nitrogen and oxygen atoms in total. The lowest BCUT2D eigenvalue weighted by atomic mass is 10.2. The van der Waals surface area contributed by atoms with Gasteiger partial charge in [0.2, 0.25) is 0 Å². The standard InChI is InChI=1S/C20H37N3O5Si/c1-19(2,3)28-18(25)23(12-13-27-29(8,9)20(4,5)6)11-10-22-14-16(21-15-22)17(24)26-7/h14-15H,10-13H2,1-9H3. The molecule has 29 heavy (non-hydrogen) atoms. The summed E-state index contributed by atoms with van der Waals surface area (Å²) in [5.41, 5.74) is -0.347. The van der Waals surface area contributed by atoms with Gasteiger partial charge in [0, 0.05) is 25.8 Å². The second-order valence-electron chi connectivity index (χ2n) is 9.56. The van der Waals surface area contributed by atoms with E-state index < -0.39 is 19.9 Å². The molecule has 0 aliphatic rings. The Kier molecular flexibility index (Phi) is 8.46. The number of aromatic nitrogens is 2. The van der Waals surface area contributed by atoms with E-state index in [0.29, 0.717) is 26.2 Å². The van der Waals surface area contributed by atoms with Crippen molar-refractivity contribution in [2.45, 2.75) is 71.8 Å². The van der Waals surface area contributed by atoms with Crippen LogP contribution in [0.5, 0.6) is 0 Å². The van der Waals surface area contributed by atoms with E-state index in [0.717, 1.165) is 0 Å². The van der Waals surface area contributed by atoms with Gasteiger partial charge in [0.25, 0.3) is 0 Å². The molecule has 1 heterocycles. The zero-order valence-electron chi connectivity index (χ0n) is 19.4. The fourth-order valence-corrected chi connectivity index (χ4v) is 3.21. The van der Waals surface area contributed by atoms with Crippen molar-refractivity contribution < 1.29 is 23.5 Å². The maximum Gasteiger partial charge on any atom is 0.410 e. The Bertz CT molecular complexity index is 689. The first-order valence-corrected chi connectivity index (χ1v) is 12.8. The fourth-order valence-electron chi connectivity index (χ4n) is 2.18. The predicted molar refractivity (Wildman–Crippen MR) is 115 cm³/mol. The molecule has 0 fully saturated rings. The Morgan fingerprint density at radius 3 is 2.28 bits per heavy atom. The van der Waals surface area contributed by atoms with E-state index in [1.165, 1.54) is 7.11 Å². The van der Waals surface area contributed by atoms with Crippen molar-refractivity contribution in [1.82, 2.24) is 14.5 Å². The van der Waals surface area contributed by atoms with Gasteiger partial charge in [-0.25, -0.2) is 14.6 Å². The quantitative estimate of drug-likeness (QED) is 0.462. The molecular formula is C20H37N3O5Si. The number of rotatable bonds is 8. The Morgan fingerprint density at radius 2 is 1.76 bits per heavy atom. The molecule has 0 saturated heterocycles. The Morgan fingerprint density at radius 1 is 1.14 bits per heavy atom. The molecule has 0 bridgehead atoms. The zero-order valence-corrected chi connectivity index (χ0v) is 20.4. The summed E-state index contributed by atoms with van der Waals surface area (Å²) in [5, 5.41) is 0.102. The molecule has 1 amide bonds. The third-order valence-electron chi connectivity index (χ3n) is 4.94. The lowest BCUT2D eigenvalue weighted by molar-refractivity contribution is 0.0216. The SMILES string of the molecule is COC(=O)c1cn(CCN(CCO[Si](C)(C)C(C)(C)C)C(=O)OC(C)(C)C)cn1. The van der Waals surface area contributed by atoms with Gasteiger partial charge in [-0.2, -0.15) is 0 Å². The van der Waals surface area contributed by atoms with Crippen molar-refractivity contribution in [3.8, 4) is 0 Å². The number of carbonyl (C=O) groups is 2. The first-order chi connectivity index (χ1) is 13.2. The molecule has 1 aromatic rings. The number of ether oxygens (including phenoxy) is 2. The highest BCUT2D eigenvalue weighted by atomic mass is 28.4. The van der Waals surface area contributed by atoms with Gasteiger partial charge in [0.1, 0.15) is 5.60 Å². The van der Waals surface area contributed by atoms with Crippen molar-refractivity contribution in [2.24, 2.45) is 0 Å². The summed E-state index contributed by atoms with van der Waals surface area (Å²) in [7, 11) is -0.586. The van der Waals surface area contributed by atoms with Crippen LogP contribution in [0.2, 0.25) is 18.1 Å². The van der Waals surface area contributed by atoms with Gasteiger partial charge in [-0.05, 0) is 38.9 Å². The summed E-state index contributed by atoms with van der Waals surface area (Å²) in [5.74, 6) is -0.490. The highest BCUT2D eigenvalue weighted by Crippen LogP contribution is 2.36. The molecule has 0 unspecified atom stereocenters. The fraction of sp³-hybridized carbons (Fsp3) is 0.750. The Balaban J connectivity index is 2.77. The van der Waals surface area contributed by atoms with Gasteiger partial charge >= 0.3 is 12.1 Å². The van der Waals surface area contributed by atoms with E-state index in [2.05, 4.69) is 43.6 Å². The van der Waals surface area contributed by atoms with Crippen LogP contribution in [0.3, 0.4) is 0 Å². The average molecular weight is 428 g/mol. The molecule has 1 rings (SSSR count). The maximum atomic E-state index is 12.7. The highest BCUT2D eigenvalue weighted by Gasteiger charge is 2.37. The number of carbonyl (C=O) groups excluding carboxylic acids is 2. The van der Waals surface area contributed by atoms with E-state index in [-0.39, 0.29) is 16.8 Å². The molecular weight excluding hydrogens is 390 g/mol. The molecule has 0 aliphatic carbocycles. The summed E-state index contributed by atoms with van der Waals surface area (Å²) in [6, 6.07) is 0. The number of methoxy groups -OCH3 is 1. The molecule has 9 heteroatoms. The molecule has 0 saturated carbocycles. The van der Waals surface area contributed by atoms with Crippen LogP contribution in [-0.2, 0) is 20.4 Å². The summed E-state index contributed by atoms with van der Waals surface area (Å²) < 4.78 is 18.2. The van der Waals surface area contributed by atoms with Crippen LogP contribution in [0.25, 0.3) is 0 Å². The van der Waals surface area contributed by atoms with Gasteiger partial charge in [-0.3, -0.25) is 0 Å². The Hall–Kier alpha value is -1.87. The van der Waals surface area contributed by atoms with E-state index in [9.17, 15) is 9.59 Å². The highest BCUT2D eigenvalue weighted by molar-refractivity contribution is 6.74. The molecule has 0 atom stereocenters. The third kappa shape index (κ3) is 8.18. The van der Waals surface area contributed by atoms with Gasteiger partial charge in [0.15, 0.2) is 14.0 Å². The van der Waals surface area contributed by atoms with Crippen LogP contribution in [0.1, 0.15) is 52.0 Å². The van der Waals surface area contributed by atoms with Gasteiger partial charge in [-0.1, -0.05) is 20.8 Å². The summed E-state index contributed by atoms with van der Waals surface area (Å²) >= 11 is 0. The molecule has 1 aromatic heterocycles. The van der Waals surface area contributed by atoms with Gasteiger partial charge in [-0.15, -0.1) is 0 Å². The second-order valence-corrected chi connectivity index (χ2v) is 14.4. The molecule has 0 aliphatic heterocycles. The minimum absolute atomic E-state index is 0.102. The van der Waals surface area contributed by atoms with Crippen LogP contribution >= 0.6 is 0 Å². The van der Waals surface area contributed by atoms with Crippen LogP contribution in [-0.4, -0.2) is 67.2 Å². The summed E-state index contributed by atoms with van der Waals surface area (Å²) in [4.78, 5) is 29.9. The lowest BCUT2D eigenvalue weighted by Gasteiger charge is -2.37. The smallest absolute Gasteiger partial charge is 0.410 e.